The highest BCUT2D eigenvalue weighted by molar-refractivity contribution is 6.33. The SMILES string of the molecule is Cc1nn2ccc(Cl)c2c(=O)n1-c1cccc(C(F)(F)F)c1. The quantitative estimate of drug-likeness (QED) is 0.686. The summed E-state index contributed by atoms with van der Waals surface area (Å²) in [6.45, 7) is 1.54. The Morgan fingerprint density at radius 1 is 1.23 bits per heavy atom. The Hall–Kier alpha value is -2.28. The zero-order valence-corrected chi connectivity index (χ0v) is 12.0. The van der Waals surface area contributed by atoms with Gasteiger partial charge in [-0.1, -0.05) is 17.7 Å². The van der Waals surface area contributed by atoms with Gasteiger partial charge in [0.25, 0.3) is 5.56 Å². The Balaban J connectivity index is 2.31. The van der Waals surface area contributed by atoms with Crippen molar-refractivity contribution in [3.8, 4) is 5.69 Å². The number of benzene rings is 1. The number of halogens is 4. The van der Waals surface area contributed by atoms with Gasteiger partial charge in [0.05, 0.1) is 16.3 Å². The number of hydrogen-bond donors (Lipinski definition) is 0. The number of aromatic nitrogens is 3. The van der Waals surface area contributed by atoms with Gasteiger partial charge in [-0.15, -0.1) is 0 Å². The van der Waals surface area contributed by atoms with Crippen LogP contribution in [0.15, 0.2) is 41.3 Å². The van der Waals surface area contributed by atoms with E-state index >= 15 is 0 Å². The van der Waals surface area contributed by atoms with E-state index in [9.17, 15) is 18.0 Å². The van der Waals surface area contributed by atoms with Crippen LogP contribution >= 0.6 is 11.6 Å². The number of nitrogens with zero attached hydrogens (tertiary/aromatic N) is 3. The molecule has 0 saturated heterocycles. The third kappa shape index (κ3) is 2.27. The minimum atomic E-state index is -4.49. The molecule has 0 fully saturated rings. The van der Waals surface area contributed by atoms with Crippen molar-refractivity contribution in [1.82, 2.24) is 14.2 Å². The Morgan fingerprint density at radius 3 is 2.64 bits per heavy atom. The van der Waals surface area contributed by atoms with E-state index < -0.39 is 17.3 Å². The molecule has 0 saturated carbocycles. The van der Waals surface area contributed by atoms with E-state index in [0.29, 0.717) is 0 Å². The first-order valence-corrected chi connectivity index (χ1v) is 6.61. The summed E-state index contributed by atoms with van der Waals surface area (Å²) in [5, 5.41) is 4.33. The second kappa shape index (κ2) is 4.88. The van der Waals surface area contributed by atoms with Crippen LogP contribution < -0.4 is 5.56 Å². The molecule has 0 aliphatic carbocycles. The lowest BCUT2D eigenvalue weighted by Gasteiger charge is -2.12. The fourth-order valence-electron chi connectivity index (χ4n) is 2.26. The summed E-state index contributed by atoms with van der Waals surface area (Å²) in [5.41, 5.74) is -1.16. The number of hydrogen-bond acceptors (Lipinski definition) is 2. The highest BCUT2D eigenvalue weighted by Crippen LogP contribution is 2.30. The summed E-state index contributed by atoms with van der Waals surface area (Å²) in [6.07, 6.45) is -2.97. The van der Waals surface area contributed by atoms with E-state index in [1.54, 1.807) is 0 Å². The monoisotopic (exact) mass is 327 g/mol. The summed E-state index contributed by atoms with van der Waals surface area (Å²) in [5.74, 6) is 0.254. The molecule has 2 heterocycles. The summed E-state index contributed by atoms with van der Waals surface area (Å²) < 4.78 is 40.9. The molecule has 8 heteroatoms. The second-order valence-electron chi connectivity index (χ2n) is 4.69. The lowest BCUT2D eigenvalue weighted by Crippen LogP contribution is -2.25. The molecule has 3 rings (SSSR count). The van der Waals surface area contributed by atoms with Crippen LogP contribution in [0.25, 0.3) is 11.2 Å². The molecule has 22 heavy (non-hydrogen) atoms. The first kappa shape index (κ1) is 14.6. The topological polar surface area (TPSA) is 39.3 Å². The molecule has 114 valence electrons. The van der Waals surface area contributed by atoms with Gasteiger partial charge in [-0.2, -0.15) is 18.3 Å². The normalized spacial score (nSPS) is 12.0. The number of alkyl halides is 3. The third-order valence-electron chi connectivity index (χ3n) is 3.23. The van der Waals surface area contributed by atoms with Crippen LogP contribution in [0.5, 0.6) is 0 Å². The Kier molecular flexibility index (Phi) is 3.25. The van der Waals surface area contributed by atoms with Gasteiger partial charge in [0.15, 0.2) is 0 Å². The van der Waals surface area contributed by atoms with Crippen LogP contribution in [-0.2, 0) is 6.18 Å². The second-order valence-corrected chi connectivity index (χ2v) is 5.10. The predicted molar refractivity (Wildman–Crippen MR) is 75.5 cm³/mol. The zero-order valence-electron chi connectivity index (χ0n) is 11.2. The van der Waals surface area contributed by atoms with Gasteiger partial charge in [-0.3, -0.25) is 9.36 Å². The van der Waals surface area contributed by atoms with Gasteiger partial charge >= 0.3 is 6.18 Å². The summed E-state index contributed by atoms with van der Waals surface area (Å²) >= 11 is 5.94. The van der Waals surface area contributed by atoms with Crippen molar-refractivity contribution in [2.45, 2.75) is 13.1 Å². The number of fused-ring (bicyclic) bond motifs is 1. The van der Waals surface area contributed by atoms with Crippen LogP contribution in [0.2, 0.25) is 5.02 Å². The van der Waals surface area contributed by atoms with E-state index in [-0.39, 0.29) is 22.1 Å². The Labute approximate surface area is 127 Å². The maximum absolute atomic E-state index is 12.8. The van der Waals surface area contributed by atoms with Gasteiger partial charge in [0.2, 0.25) is 0 Å². The fraction of sp³-hybridized carbons (Fsp3) is 0.143. The maximum Gasteiger partial charge on any atom is 0.416 e. The third-order valence-corrected chi connectivity index (χ3v) is 3.54. The van der Waals surface area contributed by atoms with Crippen LogP contribution in [0.3, 0.4) is 0 Å². The van der Waals surface area contributed by atoms with Gasteiger partial charge in [-0.05, 0) is 31.2 Å². The summed E-state index contributed by atoms with van der Waals surface area (Å²) in [6, 6.07) is 6.01. The fourth-order valence-corrected chi connectivity index (χ4v) is 2.49. The van der Waals surface area contributed by atoms with Gasteiger partial charge in [-0.25, -0.2) is 4.52 Å². The van der Waals surface area contributed by atoms with E-state index in [2.05, 4.69) is 5.10 Å². The van der Waals surface area contributed by atoms with Crippen molar-refractivity contribution in [1.29, 1.82) is 0 Å². The molecule has 3 aromatic rings. The zero-order chi connectivity index (χ0) is 16.1. The van der Waals surface area contributed by atoms with Crippen molar-refractivity contribution in [2.75, 3.05) is 0 Å². The average Bonchev–Trinajstić information content (AvgIpc) is 2.79. The van der Waals surface area contributed by atoms with Crippen LogP contribution in [0.1, 0.15) is 11.4 Å². The highest BCUT2D eigenvalue weighted by atomic mass is 35.5. The molecular formula is C14H9ClF3N3O. The van der Waals surface area contributed by atoms with Crippen molar-refractivity contribution < 1.29 is 13.2 Å². The minimum absolute atomic E-state index is 0.0876. The molecule has 0 amide bonds. The van der Waals surface area contributed by atoms with Gasteiger partial charge < -0.3 is 0 Å². The van der Waals surface area contributed by atoms with Gasteiger partial charge in [0, 0.05) is 6.20 Å². The lowest BCUT2D eigenvalue weighted by molar-refractivity contribution is -0.137. The Morgan fingerprint density at radius 2 is 1.95 bits per heavy atom. The van der Waals surface area contributed by atoms with E-state index in [1.807, 2.05) is 0 Å². The summed E-state index contributed by atoms with van der Waals surface area (Å²) in [4.78, 5) is 12.5. The molecule has 4 nitrogen and oxygen atoms in total. The minimum Gasteiger partial charge on any atom is -0.266 e. The largest absolute Gasteiger partial charge is 0.416 e. The lowest BCUT2D eigenvalue weighted by atomic mass is 10.2. The van der Waals surface area contributed by atoms with Crippen LogP contribution in [-0.4, -0.2) is 14.2 Å². The molecule has 1 aromatic carbocycles. The molecule has 2 aromatic heterocycles. The Bertz CT molecular complexity index is 927. The van der Waals surface area contributed by atoms with Crippen molar-refractivity contribution in [3.05, 3.63) is 63.3 Å². The van der Waals surface area contributed by atoms with Crippen molar-refractivity contribution >= 4 is 17.1 Å². The first-order chi connectivity index (χ1) is 10.3. The molecule has 0 aliphatic rings. The van der Waals surface area contributed by atoms with E-state index in [4.69, 9.17) is 11.6 Å². The standard InChI is InChI=1S/C14H9ClF3N3O/c1-8-19-20-6-5-11(15)12(20)13(22)21(8)10-4-2-3-9(7-10)14(16,17)18/h2-7H,1H3. The molecule has 0 atom stereocenters. The van der Waals surface area contributed by atoms with Crippen molar-refractivity contribution in [3.63, 3.8) is 0 Å². The van der Waals surface area contributed by atoms with Crippen molar-refractivity contribution in [2.24, 2.45) is 0 Å². The molecule has 0 aliphatic heterocycles. The number of aryl methyl sites for hydroxylation is 1. The number of rotatable bonds is 1. The molecule has 0 unspecified atom stereocenters. The van der Waals surface area contributed by atoms with E-state index in [1.165, 1.54) is 35.8 Å². The smallest absolute Gasteiger partial charge is 0.266 e. The van der Waals surface area contributed by atoms with Gasteiger partial charge in [0.1, 0.15) is 11.3 Å². The van der Waals surface area contributed by atoms with Crippen LogP contribution in [0, 0.1) is 6.92 Å². The average molecular weight is 328 g/mol. The molecule has 0 bridgehead atoms. The van der Waals surface area contributed by atoms with Crippen LogP contribution in [0.4, 0.5) is 13.2 Å². The van der Waals surface area contributed by atoms with E-state index in [0.717, 1.165) is 16.7 Å². The highest BCUT2D eigenvalue weighted by Gasteiger charge is 2.30. The molecule has 0 radical (unpaired) electrons. The first-order valence-electron chi connectivity index (χ1n) is 6.23. The molecular weight excluding hydrogens is 319 g/mol. The summed E-state index contributed by atoms with van der Waals surface area (Å²) in [7, 11) is 0. The molecule has 0 N–H and O–H groups in total. The molecule has 0 spiro atoms. The predicted octanol–water partition coefficient (Wildman–Crippen LogP) is 3.47. The maximum atomic E-state index is 12.8.